The third-order valence-electron chi connectivity index (χ3n) is 3.06. The van der Waals surface area contributed by atoms with Crippen molar-refractivity contribution in [2.45, 2.75) is 23.6 Å². The van der Waals surface area contributed by atoms with Crippen molar-refractivity contribution >= 4 is 29.1 Å². The summed E-state index contributed by atoms with van der Waals surface area (Å²) < 4.78 is 0. The van der Waals surface area contributed by atoms with E-state index in [1.165, 1.54) is 17.8 Å². The third-order valence-corrected chi connectivity index (χ3v) is 4.43. The van der Waals surface area contributed by atoms with Crippen LogP contribution in [0.4, 0.5) is 5.69 Å². The maximum absolute atomic E-state index is 11.0. The number of thioether (sulfide) groups is 1. The zero-order valence-electron chi connectivity index (χ0n) is 11.5. The SMILES string of the molecule is CC(N)c1cccc(SCc2c(Cl)cccc2[N+](=O)[O-])c1. The molecule has 0 saturated carbocycles. The average molecular weight is 323 g/mol. The highest BCUT2D eigenvalue weighted by atomic mass is 35.5. The van der Waals surface area contributed by atoms with E-state index >= 15 is 0 Å². The van der Waals surface area contributed by atoms with Crippen LogP contribution in [0.5, 0.6) is 0 Å². The van der Waals surface area contributed by atoms with Gasteiger partial charge in [0.1, 0.15) is 0 Å². The Kier molecular flexibility index (Phi) is 5.22. The molecule has 0 amide bonds. The molecule has 0 bridgehead atoms. The minimum Gasteiger partial charge on any atom is -0.324 e. The Bertz CT molecular complexity index is 662. The lowest BCUT2D eigenvalue weighted by molar-refractivity contribution is -0.385. The fourth-order valence-corrected chi connectivity index (χ4v) is 3.23. The van der Waals surface area contributed by atoms with Crippen LogP contribution in [0.15, 0.2) is 47.4 Å². The molecule has 2 aromatic carbocycles. The number of benzene rings is 2. The van der Waals surface area contributed by atoms with Gasteiger partial charge in [-0.1, -0.05) is 29.8 Å². The number of nitro benzene ring substituents is 1. The van der Waals surface area contributed by atoms with E-state index in [9.17, 15) is 10.1 Å². The van der Waals surface area contributed by atoms with Crippen LogP contribution in [-0.4, -0.2) is 4.92 Å². The molecule has 6 heteroatoms. The summed E-state index contributed by atoms with van der Waals surface area (Å²) in [4.78, 5) is 11.7. The zero-order valence-corrected chi connectivity index (χ0v) is 13.0. The van der Waals surface area contributed by atoms with E-state index in [0.717, 1.165) is 10.5 Å². The van der Waals surface area contributed by atoms with Gasteiger partial charge in [-0.05, 0) is 30.7 Å². The predicted molar refractivity (Wildman–Crippen MR) is 86.7 cm³/mol. The second-order valence-electron chi connectivity index (χ2n) is 4.64. The molecule has 0 spiro atoms. The lowest BCUT2D eigenvalue weighted by atomic mass is 10.1. The van der Waals surface area contributed by atoms with Crippen LogP contribution >= 0.6 is 23.4 Å². The third kappa shape index (κ3) is 3.97. The zero-order chi connectivity index (χ0) is 15.4. The van der Waals surface area contributed by atoms with Gasteiger partial charge in [-0.2, -0.15) is 0 Å². The van der Waals surface area contributed by atoms with E-state index in [-0.39, 0.29) is 11.7 Å². The van der Waals surface area contributed by atoms with Crippen molar-refractivity contribution in [1.82, 2.24) is 0 Å². The fourth-order valence-electron chi connectivity index (χ4n) is 1.90. The van der Waals surface area contributed by atoms with Crippen molar-refractivity contribution in [3.8, 4) is 0 Å². The van der Waals surface area contributed by atoms with Crippen LogP contribution in [0.3, 0.4) is 0 Å². The van der Waals surface area contributed by atoms with E-state index in [4.69, 9.17) is 17.3 Å². The molecule has 0 aliphatic heterocycles. The standard InChI is InChI=1S/C15H15ClN2O2S/c1-10(17)11-4-2-5-12(8-11)21-9-13-14(16)6-3-7-15(13)18(19)20/h2-8,10H,9,17H2,1H3. The lowest BCUT2D eigenvalue weighted by Gasteiger charge is -2.09. The first kappa shape index (κ1) is 15.8. The Morgan fingerprint density at radius 2 is 2.05 bits per heavy atom. The molecule has 0 aromatic heterocycles. The number of halogens is 1. The summed E-state index contributed by atoms with van der Waals surface area (Å²) in [6, 6.07) is 12.5. The first-order valence-corrected chi connectivity index (χ1v) is 7.75. The molecular formula is C15H15ClN2O2S. The quantitative estimate of drug-likeness (QED) is 0.497. The second-order valence-corrected chi connectivity index (χ2v) is 6.10. The summed E-state index contributed by atoms with van der Waals surface area (Å²) in [5.74, 6) is 0.443. The smallest absolute Gasteiger partial charge is 0.274 e. The molecule has 4 nitrogen and oxygen atoms in total. The Balaban J connectivity index is 2.21. The van der Waals surface area contributed by atoms with Gasteiger partial charge in [-0.3, -0.25) is 10.1 Å². The Morgan fingerprint density at radius 3 is 2.71 bits per heavy atom. The van der Waals surface area contributed by atoms with Crippen LogP contribution in [0.25, 0.3) is 0 Å². The molecule has 0 saturated heterocycles. The van der Waals surface area contributed by atoms with Crippen LogP contribution in [-0.2, 0) is 5.75 Å². The number of hydrogen-bond donors (Lipinski definition) is 1. The molecule has 1 atom stereocenters. The first-order valence-electron chi connectivity index (χ1n) is 6.39. The molecule has 0 radical (unpaired) electrons. The van der Waals surface area contributed by atoms with Crippen molar-refractivity contribution in [1.29, 1.82) is 0 Å². The van der Waals surface area contributed by atoms with Gasteiger partial charge in [-0.25, -0.2) is 0 Å². The largest absolute Gasteiger partial charge is 0.324 e. The lowest BCUT2D eigenvalue weighted by Crippen LogP contribution is -2.04. The van der Waals surface area contributed by atoms with Crippen LogP contribution in [0.2, 0.25) is 5.02 Å². The minimum absolute atomic E-state index is 0.0415. The summed E-state index contributed by atoms with van der Waals surface area (Å²) in [5.41, 5.74) is 7.49. The van der Waals surface area contributed by atoms with Crippen molar-refractivity contribution in [2.75, 3.05) is 0 Å². The Morgan fingerprint density at radius 1 is 1.33 bits per heavy atom. The van der Waals surface area contributed by atoms with Crippen LogP contribution in [0, 0.1) is 10.1 Å². The average Bonchev–Trinajstić information content (AvgIpc) is 2.46. The van der Waals surface area contributed by atoms with Gasteiger partial charge >= 0.3 is 0 Å². The topological polar surface area (TPSA) is 69.2 Å². The van der Waals surface area contributed by atoms with Gasteiger partial charge in [0.05, 0.1) is 15.5 Å². The summed E-state index contributed by atoms with van der Waals surface area (Å²) in [7, 11) is 0. The van der Waals surface area contributed by atoms with Gasteiger partial charge in [0.15, 0.2) is 0 Å². The molecule has 0 fully saturated rings. The molecule has 0 aliphatic carbocycles. The molecule has 21 heavy (non-hydrogen) atoms. The number of nitrogens with two attached hydrogens (primary N) is 1. The molecule has 2 N–H and O–H groups in total. The van der Waals surface area contributed by atoms with Crippen molar-refractivity contribution in [2.24, 2.45) is 5.73 Å². The fraction of sp³-hybridized carbons (Fsp3) is 0.200. The molecule has 1 unspecified atom stereocenters. The maximum atomic E-state index is 11.0. The van der Waals surface area contributed by atoms with Gasteiger partial charge in [-0.15, -0.1) is 11.8 Å². The molecular weight excluding hydrogens is 308 g/mol. The highest BCUT2D eigenvalue weighted by Crippen LogP contribution is 2.33. The van der Waals surface area contributed by atoms with E-state index in [0.29, 0.717) is 16.3 Å². The normalized spacial score (nSPS) is 12.1. The molecule has 0 heterocycles. The van der Waals surface area contributed by atoms with E-state index in [1.54, 1.807) is 12.1 Å². The summed E-state index contributed by atoms with van der Waals surface area (Å²) in [6.07, 6.45) is 0. The van der Waals surface area contributed by atoms with Crippen molar-refractivity contribution in [3.05, 3.63) is 68.7 Å². The molecule has 2 rings (SSSR count). The van der Waals surface area contributed by atoms with E-state index < -0.39 is 4.92 Å². The Hall–Kier alpha value is -1.56. The molecule has 0 aliphatic rings. The molecule has 110 valence electrons. The number of hydrogen-bond acceptors (Lipinski definition) is 4. The number of nitrogens with zero attached hydrogens (tertiary/aromatic N) is 1. The summed E-state index contributed by atoms with van der Waals surface area (Å²) in [5, 5.41) is 11.5. The Labute approximate surface area is 132 Å². The van der Waals surface area contributed by atoms with Crippen LogP contribution in [0.1, 0.15) is 24.1 Å². The maximum Gasteiger partial charge on any atom is 0.274 e. The van der Waals surface area contributed by atoms with E-state index in [2.05, 4.69) is 0 Å². The second kappa shape index (κ2) is 6.93. The van der Waals surface area contributed by atoms with Gasteiger partial charge in [0.2, 0.25) is 0 Å². The van der Waals surface area contributed by atoms with Gasteiger partial charge in [0.25, 0.3) is 5.69 Å². The van der Waals surface area contributed by atoms with Gasteiger partial charge < -0.3 is 5.73 Å². The summed E-state index contributed by atoms with van der Waals surface area (Å²) >= 11 is 7.59. The summed E-state index contributed by atoms with van der Waals surface area (Å²) in [6.45, 7) is 1.92. The highest BCUT2D eigenvalue weighted by Gasteiger charge is 2.16. The van der Waals surface area contributed by atoms with E-state index in [1.807, 2.05) is 31.2 Å². The minimum atomic E-state index is -0.403. The van der Waals surface area contributed by atoms with Crippen molar-refractivity contribution in [3.63, 3.8) is 0 Å². The van der Waals surface area contributed by atoms with Gasteiger partial charge in [0, 0.05) is 22.8 Å². The number of nitro groups is 1. The highest BCUT2D eigenvalue weighted by molar-refractivity contribution is 7.98. The predicted octanol–water partition coefficient (Wildman–Crippen LogP) is 4.56. The first-order chi connectivity index (χ1) is 9.99. The van der Waals surface area contributed by atoms with Crippen molar-refractivity contribution < 1.29 is 4.92 Å². The number of rotatable bonds is 5. The van der Waals surface area contributed by atoms with Crippen LogP contribution < -0.4 is 5.73 Å². The molecule has 2 aromatic rings. The monoisotopic (exact) mass is 322 g/mol.